The van der Waals surface area contributed by atoms with Gasteiger partial charge in [0.2, 0.25) is 0 Å². The Morgan fingerprint density at radius 2 is 1.87 bits per heavy atom. The molecule has 0 unspecified atom stereocenters. The molecule has 4 N–H and O–H groups in total. The fourth-order valence-corrected chi connectivity index (χ4v) is 1.05. The van der Waals surface area contributed by atoms with Crippen LogP contribution in [0.5, 0.6) is 0 Å². The Kier molecular flexibility index (Phi) is 3.85. The summed E-state index contributed by atoms with van der Waals surface area (Å²) in [6.07, 6.45) is 1.53. The number of anilines is 2. The Balaban J connectivity index is 2.57. The lowest BCUT2D eigenvalue weighted by atomic mass is 10.1. The van der Waals surface area contributed by atoms with Gasteiger partial charge in [0.15, 0.2) is 0 Å². The van der Waals surface area contributed by atoms with Crippen molar-refractivity contribution in [2.45, 2.75) is 26.3 Å². The SMILES string of the molecule is CCNc1cc(NCC(C)(C)N)ncn1. The van der Waals surface area contributed by atoms with E-state index < -0.39 is 0 Å². The van der Waals surface area contributed by atoms with Gasteiger partial charge in [0.1, 0.15) is 18.0 Å². The van der Waals surface area contributed by atoms with Crippen LogP contribution in [-0.2, 0) is 0 Å². The predicted molar refractivity (Wildman–Crippen MR) is 63.0 cm³/mol. The van der Waals surface area contributed by atoms with E-state index in [9.17, 15) is 0 Å². The van der Waals surface area contributed by atoms with Crippen LogP contribution in [0.1, 0.15) is 20.8 Å². The van der Waals surface area contributed by atoms with Gasteiger partial charge in [-0.3, -0.25) is 0 Å². The van der Waals surface area contributed by atoms with Crippen molar-refractivity contribution >= 4 is 11.6 Å². The molecule has 1 heterocycles. The van der Waals surface area contributed by atoms with Crippen LogP contribution < -0.4 is 16.4 Å². The van der Waals surface area contributed by atoms with Crippen LogP contribution >= 0.6 is 0 Å². The first-order valence-corrected chi connectivity index (χ1v) is 5.10. The first kappa shape index (κ1) is 11.7. The quantitative estimate of drug-likeness (QED) is 0.676. The second-order valence-corrected chi connectivity index (χ2v) is 4.16. The van der Waals surface area contributed by atoms with Gasteiger partial charge < -0.3 is 16.4 Å². The molecule has 5 heteroatoms. The summed E-state index contributed by atoms with van der Waals surface area (Å²) in [6.45, 7) is 7.48. The minimum atomic E-state index is -0.247. The summed E-state index contributed by atoms with van der Waals surface area (Å²) < 4.78 is 0. The zero-order chi connectivity index (χ0) is 11.3. The topological polar surface area (TPSA) is 75.9 Å². The van der Waals surface area contributed by atoms with Gasteiger partial charge in [-0.1, -0.05) is 0 Å². The highest BCUT2D eigenvalue weighted by Gasteiger charge is 2.10. The maximum absolute atomic E-state index is 5.86. The fraction of sp³-hybridized carbons (Fsp3) is 0.600. The maximum Gasteiger partial charge on any atom is 0.131 e. The number of hydrogen-bond acceptors (Lipinski definition) is 5. The summed E-state index contributed by atoms with van der Waals surface area (Å²) in [4.78, 5) is 8.19. The first-order valence-electron chi connectivity index (χ1n) is 5.10. The fourth-order valence-electron chi connectivity index (χ4n) is 1.05. The number of nitrogens with zero attached hydrogens (tertiary/aromatic N) is 2. The average Bonchev–Trinajstić information content (AvgIpc) is 2.15. The molecule has 0 atom stereocenters. The Bertz CT molecular complexity index is 305. The smallest absolute Gasteiger partial charge is 0.131 e. The molecular formula is C10H19N5. The Hall–Kier alpha value is -1.36. The molecule has 1 rings (SSSR count). The van der Waals surface area contributed by atoms with Crippen LogP contribution in [0, 0.1) is 0 Å². The number of nitrogens with two attached hydrogens (primary N) is 1. The summed E-state index contributed by atoms with van der Waals surface area (Å²) in [6, 6.07) is 1.87. The summed E-state index contributed by atoms with van der Waals surface area (Å²) in [7, 11) is 0. The monoisotopic (exact) mass is 209 g/mol. The maximum atomic E-state index is 5.86. The summed E-state index contributed by atoms with van der Waals surface area (Å²) >= 11 is 0. The standard InChI is InChI=1S/C10H19N5/c1-4-12-8-5-9(15-7-14-8)13-6-10(2,3)11/h5,7H,4,6,11H2,1-3H3,(H2,12,13,14,15). The van der Waals surface area contributed by atoms with E-state index in [1.54, 1.807) is 0 Å². The number of nitrogens with one attached hydrogen (secondary N) is 2. The molecule has 0 saturated carbocycles. The Morgan fingerprint density at radius 1 is 1.27 bits per heavy atom. The van der Waals surface area contributed by atoms with Gasteiger partial charge in [0.25, 0.3) is 0 Å². The van der Waals surface area contributed by atoms with Crippen molar-refractivity contribution in [3.63, 3.8) is 0 Å². The second-order valence-electron chi connectivity index (χ2n) is 4.16. The molecule has 1 aromatic heterocycles. The molecule has 5 nitrogen and oxygen atoms in total. The third-order valence-corrected chi connectivity index (χ3v) is 1.75. The molecule has 1 aromatic rings. The molecule has 0 spiro atoms. The van der Waals surface area contributed by atoms with E-state index in [2.05, 4.69) is 20.6 Å². The van der Waals surface area contributed by atoms with Crippen molar-refractivity contribution in [3.05, 3.63) is 12.4 Å². The Morgan fingerprint density at radius 3 is 2.40 bits per heavy atom. The summed E-state index contributed by atoms with van der Waals surface area (Å²) in [5.74, 6) is 1.62. The molecule has 15 heavy (non-hydrogen) atoms. The van der Waals surface area contributed by atoms with Crippen molar-refractivity contribution < 1.29 is 0 Å². The van der Waals surface area contributed by atoms with E-state index in [0.717, 1.165) is 18.2 Å². The van der Waals surface area contributed by atoms with Crippen LogP contribution in [0.15, 0.2) is 12.4 Å². The first-order chi connectivity index (χ1) is 7.01. The molecule has 0 aliphatic rings. The molecular weight excluding hydrogens is 190 g/mol. The molecule has 0 radical (unpaired) electrons. The van der Waals surface area contributed by atoms with Gasteiger partial charge in [-0.2, -0.15) is 0 Å². The van der Waals surface area contributed by atoms with E-state index in [0.29, 0.717) is 6.54 Å². The lowest BCUT2D eigenvalue weighted by molar-refractivity contribution is 0.548. The Labute approximate surface area is 90.5 Å². The molecule has 0 aliphatic heterocycles. The van der Waals surface area contributed by atoms with E-state index in [1.807, 2.05) is 26.8 Å². The van der Waals surface area contributed by atoms with Crippen molar-refractivity contribution in [1.82, 2.24) is 9.97 Å². The van der Waals surface area contributed by atoms with Gasteiger partial charge in [0, 0.05) is 24.7 Å². The van der Waals surface area contributed by atoms with Crippen LogP contribution in [0.2, 0.25) is 0 Å². The van der Waals surface area contributed by atoms with Gasteiger partial charge >= 0.3 is 0 Å². The lowest BCUT2D eigenvalue weighted by Gasteiger charge is -2.19. The molecule has 0 bridgehead atoms. The van der Waals surface area contributed by atoms with Gasteiger partial charge in [-0.15, -0.1) is 0 Å². The highest BCUT2D eigenvalue weighted by atomic mass is 15.1. The van der Waals surface area contributed by atoms with E-state index in [-0.39, 0.29) is 5.54 Å². The number of aromatic nitrogens is 2. The van der Waals surface area contributed by atoms with Crippen molar-refractivity contribution in [3.8, 4) is 0 Å². The highest BCUT2D eigenvalue weighted by molar-refractivity contribution is 5.46. The minimum absolute atomic E-state index is 0.247. The zero-order valence-corrected chi connectivity index (χ0v) is 9.54. The number of hydrogen-bond donors (Lipinski definition) is 3. The average molecular weight is 209 g/mol. The molecule has 0 amide bonds. The predicted octanol–water partition coefficient (Wildman–Crippen LogP) is 1.06. The molecule has 0 aliphatic carbocycles. The van der Waals surface area contributed by atoms with Gasteiger partial charge in [-0.05, 0) is 20.8 Å². The molecule has 0 aromatic carbocycles. The van der Waals surface area contributed by atoms with Crippen molar-refractivity contribution in [2.75, 3.05) is 23.7 Å². The van der Waals surface area contributed by atoms with Gasteiger partial charge in [-0.25, -0.2) is 9.97 Å². The van der Waals surface area contributed by atoms with E-state index in [4.69, 9.17) is 5.73 Å². The van der Waals surface area contributed by atoms with E-state index >= 15 is 0 Å². The van der Waals surface area contributed by atoms with Crippen LogP contribution in [0.25, 0.3) is 0 Å². The second kappa shape index (κ2) is 4.93. The van der Waals surface area contributed by atoms with Crippen molar-refractivity contribution in [2.24, 2.45) is 5.73 Å². The van der Waals surface area contributed by atoms with E-state index in [1.165, 1.54) is 6.33 Å². The van der Waals surface area contributed by atoms with Crippen LogP contribution in [0.4, 0.5) is 11.6 Å². The zero-order valence-electron chi connectivity index (χ0n) is 9.54. The third-order valence-electron chi connectivity index (χ3n) is 1.75. The summed E-state index contributed by atoms with van der Waals surface area (Å²) in [5, 5.41) is 6.29. The minimum Gasteiger partial charge on any atom is -0.370 e. The third kappa shape index (κ3) is 4.60. The van der Waals surface area contributed by atoms with Crippen LogP contribution in [-0.4, -0.2) is 28.6 Å². The van der Waals surface area contributed by atoms with Crippen LogP contribution in [0.3, 0.4) is 0 Å². The molecule has 84 valence electrons. The summed E-state index contributed by atoms with van der Waals surface area (Å²) in [5.41, 5.74) is 5.61. The molecule has 0 fully saturated rings. The molecule has 0 saturated heterocycles. The highest BCUT2D eigenvalue weighted by Crippen LogP contribution is 2.09. The van der Waals surface area contributed by atoms with Crippen molar-refractivity contribution in [1.29, 1.82) is 0 Å². The number of rotatable bonds is 5. The normalized spacial score (nSPS) is 11.2. The largest absolute Gasteiger partial charge is 0.370 e. The lowest BCUT2D eigenvalue weighted by Crippen LogP contribution is -2.39. The van der Waals surface area contributed by atoms with Gasteiger partial charge in [0.05, 0.1) is 0 Å².